The van der Waals surface area contributed by atoms with Crippen molar-refractivity contribution in [3.63, 3.8) is 0 Å². The van der Waals surface area contributed by atoms with E-state index < -0.39 is 0 Å². The number of aromatic nitrogens is 3. The third-order valence-electron chi connectivity index (χ3n) is 6.11. The van der Waals surface area contributed by atoms with E-state index in [-0.39, 0.29) is 11.8 Å². The number of carbonyl (C=O) groups excluding carboxylic acids is 1. The van der Waals surface area contributed by atoms with Crippen LogP contribution >= 0.6 is 11.3 Å². The van der Waals surface area contributed by atoms with E-state index in [0.29, 0.717) is 23.7 Å². The van der Waals surface area contributed by atoms with Crippen LogP contribution in [0.1, 0.15) is 18.5 Å². The standard InChI is InChI=1S/C25H27N5O3S/c1-16-22-23(30(28-16)18-9-5-4-6-10-18)27-25(34-22)29-13-7-8-17(15-29)24(31)26-20-12-11-19(32-2)14-21(20)33-3/h4-6,9-12,14,17H,7-8,13,15H2,1-3H3,(H,26,31). The molecule has 4 aromatic rings. The molecule has 0 aliphatic carbocycles. The molecule has 9 heteroatoms. The minimum atomic E-state index is -0.140. The monoisotopic (exact) mass is 477 g/mol. The van der Waals surface area contributed by atoms with Gasteiger partial charge in [0.2, 0.25) is 5.91 Å². The smallest absolute Gasteiger partial charge is 0.229 e. The number of ether oxygens (including phenoxy) is 2. The number of thiazole rings is 1. The van der Waals surface area contributed by atoms with Crippen LogP contribution < -0.4 is 19.7 Å². The predicted octanol–water partition coefficient (Wildman–Crippen LogP) is 4.66. The van der Waals surface area contributed by atoms with Crippen LogP contribution in [0.15, 0.2) is 48.5 Å². The van der Waals surface area contributed by atoms with E-state index in [1.54, 1.807) is 31.6 Å². The van der Waals surface area contributed by atoms with Crippen molar-refractivity contribution < 1.29 is 14.3 Å². The Kier molecular flexibility index (Phi) is 6.10. The van der Waals surface area contributed by atoms with Gasteiger partial charge in [-0.05, 0) is 44.0 Å². The molecule has 2 aromatic heterocycles. The fourth-order valence-electron chi connectivity index (χ4n) is 4.31. The van der Waals surface area contributed by atoms with Crippen molar-refractivity contribution in [2.45, 2.75) is 19.8 Å². The zero-order valence-electron chi connectivity index (χ0n) is 19.4. The van der Waals surface area contributed by atoms with Crippen molar-refractivity contribution in [1.82, 2.24) is 14.8 Å². The van der Waals surface area contributed by atoms with Crippen molar-refractivity contribution in [2.75, 3.05) is 37.5 Å². The van der Waals surface area contributed by atoms with E-state index in [9.17, 15) is 4.79 Å². The minimum absolute atomic E-state index is 0.0130. The highest BCUT2D eigenvalue weighted by Crippen LogP contribution is 2.35. The van der Waals surface area contributed by atoms with E-state index >= 15 is 0 Å². The molecule has 1 N–H and O–H groups in total. The Morgan fingerprint density at radius 3 is 2.74 bits per heavy atom. The molecule has 1 aliphatic heterocycles. The van der Waals surface area contributed by atoms with Crippen LogP contribution in [0.4, 0.5) is 10.8 Å². The van der Waals surface area contributed by atoms with Gasteiger partial charge in [-0.25, -0.2) is 4.68 Å². The van der Waals surface area contributed by atoms with Crippen molar-refractivity contribution in [3.05, 3.63) is 54.2 Å². The molecule has 1 atom stereocenters. The molecule has 1 amide bonds. The average Bonchev–Trinajstić information content (AvgIpc) is 3.45. The summed E-state index contributed by atoms with van der Waals surface area (Å²) in [4.78, 5) is 20.3. The summed E-state index contributed by atoms with van der Waals surface area (Å²) in [5.41, 5.74) is 3.45. The second-order valence-corrected chi connectivity index (χ2v) is 9.30. The Morgan fingerprint density at radius 1 is 1.15 bits per heavy atom. The van der Waals surface area contributed by atoms with E-state index in [4.69, 9.17) is 14.5 Å². The lowest BCUT2D eigenvalue weighted by Gasteiger charge is -2.31. The topological polar surface area (TPSA) is 81.5 Å². The SMILES string of the molecule is COc1ccc(NC(=O)C2CCCN(c3nc4c(s3)c(C)nn4-c3ccccc3)C2)c(OC)c1. The van der Waals surface area contributed by atoms with Crippen molar-refractivity contribution >= 4 is 38.4 Å². The molecule has 0 bridgehead atoms. The summed E-state index contributed by atoms with van der Waals surface area (Å²) in [7, 11) is 3.18. The summed E-state index contributed by atoms with van der Waals surface area (Å²) in [6, 6.07) is 15.4. The summed E-state index contributed by atoms with van der Waals surface area (Å²) in [5.74, 6) is 1.10. The zero-order valence-corrected chi connectivity index (χ0v) is 20.3. The van der Waals surface area contributed by atoms with Gasteiger partial charge < -0.3 is 19.7 Å². The summed E-state index contributed by atoms with van der Waals surface area (Å²) < 4.78 is 13.7. The number of fused-ring (bicyclic) bond motifs is 1. The van der Waals surface area contributed by atoms with Gasteiger partial charge in [-0.15, -0.1) is 0 Å². The molecule has 1 saturated heterocycles. The highest BCUT2D eigenvalue weighted by Gasteiger charge is 2.29. The number of rotatable bonds is 6. The number of benzene rings is 2. The molecule has 1 unspecified atom stereocenters. The molecule has 1 fully saturated rings. The Labute approximate surface area is 202 Å². The number of amides is 1. The Bertz CT molecular complexity index is 1320. The molecule has 34 heavy (non-hydrogen) atoms. The van der Waals surface area contributed by atoms with Crippen LogP contribution in [0.25, 0.3) is 16.0 Å². The fraction of sp³-hybridized carbons (Fsp3) is 0.320. The summed E-state index contributed by atoms with van der Waals surface area (Å²) >= 11 is 1.64. The third kappa shape index (κ3) is 4.19. The third-order valence-corrected chi connectivity index (χ3v) is 7.32. The molecular weight excluding hydrogens is 450 g/mol. The maximum Gasteiger partial charge on any atom is 0.229 e. The maximum atomic E-state index is 13.1. The number of piperidine rings is 1. The molecule has 0 saturated carbocycles. The van der Waals surface area contributed by atoms with Crippen LogP contribution in [0.2, 0.25) is 0 Å². The molecule has 2 aromatic carbocycles. The van der Waals surface area contributed by atoms with Gasteiger partial charge in [-0.2, -0.15) is 10.1 Å². The van der Waals surface area contributed by atoms with Crippen molar-refractivity contribution in [1.29, 1.82) is 0 Å². The second-order valence-electron chi connectivity index (χ2n) is 8.32. The normalized spacial score (nSPS) is 16.0. The Hall–Kier alpha value is -3.59. The van der Waals surface area contributed by atoms with Gasteiger partial charge in [0.05, 0.1) is 41.9 Å². The van der Waals surface area contributed by atoms with Gasteiger partial charge in [0, 0.05) is 19.2 Å². The first-order chi connectivity index (χ1) is 16.6. The van der Waals surface area contributed by atoms with Gasteiger partial charge in [0.25, 0.3) is 0 Å². The lowest BCUT2D eigenvalue weighted by atomic mass is 9.97. The number of nitrogens with one attached hydrogen (secondary N) is 1. The van der Waals surface area contributed by atoms with Crippen molar-refractivity contribution in [2.24, 2.45) is 5.92 Å². The highest BCUT2D eigenvalue weighted by molar-refractivity contribution is 7.22. The van der Waals surface area contributed by atoms with E-state index in [2.05, 4.69) is 15.3 Å². The van der Waals surface area contributed by atoms with Crippen LogP contribution in [-0.4, -0.2) is 48.0 Å². The predicted molar refractivity (Wildman–Crippen MR) is 135 cm³/mol. The first kappa shape index (κ1) is 22.2. The maximum absolute atomic E-state index is 13.1. The average molecular weight is 478 g/mol. The zero-order chi connectivity index (χ0) is 23.7. The molecule has 0 spiro atoms. The summed E-state index contributed by atoms with van der Waals surface area (Å²) in [6.45, 7) is 3.51. The fourth-order valence-corrected chi connectivity index (χ4v) is 5.33. The molecule has 0 radical (unpaired) electrons. The second kappa shape index (κ2) is 9.34. The van der Waals surface area contributed by atoms with Crippen LogP contribution in [-0.2, 0) is 4.79 Å². The summed E-state index contributed by atoms with van der Waals surface area (Å²) in [6.07, 6.45) is 1.76. The largest absolute Gasteiger partial charge is 0.497 e. The number of nitrogens with zero attached hydrogens (tertiary/aromatic N) is 4. The number of methoxy groups -OCH3 is 2. The minimum Gasteiger partial charge on any atom is -0.497 e. The molecule has 176 valence electrons. The number of hydrogen-bond acceptors (Lipinski definition) is 7. The molecular formula is C25H27N5O3S. The van der Waals surface area contributed by atoms with Crippen LogP contribution in [0.5, 0.6) is 11.5 Å². The number of aryl methyl sites for hydroxylation is 1. The summed E-state index contributed by atoms with van der Waals surface area (Å²) in [5, 5.41) is 8.65. The van der Waals surface area contributed by atoms with Gasteiger partial charge in [0.15, 0.2) is 10.8 Å². The quantitative estimate of drug-likeness (QED) is 0.435. The number of hydrogen-bond donors (Lipinski definition) is 1. The van der Waals surface area contributed by atoms with Crippen LogP contribution in [0.3, 0.4) is 0 Å². The van der Waals surface area contributed by atoms with Crippen molar-refractivity contribution in [3.8, 4) is 17.2 Å². The number of carbonyl (C=O) groups is 1. The number of anilines is 2. The van der Waals surface area contributed by atoms with Crippen LogP contribution in [0, 0.1) is 12.8 Å². The molecule has 8 nitrogen and oxygen atoms in total. The van der Waals surface area contributed by atoms with E-state index in [1.165, 1.54) is 0 Å². The van der Waals surface area contributed by atoms with E-state index in [0.717, 1.165) is 46.2 Å². The molecule has 1 aliphatic rings. The molecule has 3 heterocycles. The van der Waals surface area contributed by atoms with Gasteiger partial charge in [0.1, 0.15) is 11.5 Å². The first-order valence-corrected chi connectivity index (χ1v) is 12.1. The van der Waals surface area contributed by atoms with Gasteiger partial charge in [-0.3, -0.25) is 4.79 Å². The first-order valence-electron chi connectivity index (χ1n) is 11.3. The number of para-hydroxylation sites is 1. The Morgan fingerprint density at radius 2 is 1.97 bits per heavy atom. The van der Waals surface area contributed by atoms with Gasteiger partial charge in [-0.1, -0.05) is 29.5 Å². The van der Waals surface area contributed by atoms with E-state index in [1.807, 2.05) is 54.1 Å². The van der Waals surface area contributed by atoms with Gasteiger partial charge >= 0.3 is 0 Å². The molecule has 5 rings (SSSR count). The highest BCUT2D eigenvalue weighted by atomic mass is 32.1. The lowest BCUT2D eigenvalue weighted by Crippen LogP contribution is -2.40. The lowest BCUT2D eigenvalue weighted by molar-refractivity contribution is -0.120. The Balaban J connectivity index is 1.35.